The van der Waals surface area contributed by atoms with Crippen molar-refractivity contribution in [2.45, 2.75) is 12.8 Å². The summed E-state index contributed by atoms with van der Waals surface area (Å²) in [5.74, 6) is 0.244. The number of Topliss-reactive ketones (excluding diaryl/α,β-unsaturated/α-hetero) is 1. The zero-order valence-electron chi connectivity index (χ0n) is 8.70. The Morgan fingerprint density at radius 3 is 2.73 bits per heavy atom. The zero-order chi connectivity index (χ0) is 10.5. The molecule has 0 saturated heterocycles. The molecule has 78 valence electrons. The minimum Gasteiger partial charge on any atom is -0.312 e. The van der Waals surface area contributed by atoms with Crippen LogP contribution in [0, 0.1) is 0 Å². The van der Waals surface area contributed by atoms with Gasteiger partial charge in [0, 0.05) is 18.5 Å². The van der Waals surface area contributed by atoms with Crippen molar-refractivity contribution in [3.8, 4) is 0 Å². The van der Waals surface area contributed by atoms with Crippen molar-refractivity contribution < 1.29 is 4.79 Å². The van der Waals surface area contributed by atoms with Gasteiger partial charge in [-0.1, -0.05) is 36.4 Å². The lowest BCUT2D eigenvalue weighted by Crippen LogP contribution is -2.26. The third-order valence-electron chi connectivity index (χ3n) is 2.59. The third kappa shape index (κ3) is 2.77. The van der Waals surface area contributed by atoms with Gasteiger partial charge in [0.15, 0.2) is 5.78 Å². The normalized spacial score (nSPS) is 15.9. The number of hydrogen-bond acceptors (Lipinski definition) is 2. The molecule has 1 aromatic rings. The van der Waals surface area contributed by atoms with E-state index in [1.807, 2.05) is 30.3 Å². The molecule has 2 rings (SSSR count). The van der Waals surface area contributed by atoms with Gasteiger partial charge in [0.05, 0.1) is 0 Å². The largest absolute Gasteiger partial charge is 0.312 e. The van der Waals surface area contributed by atoms with Gasteiger partial charge in [-0.25, -0.2) is 0 Å². The first kappa shape index (κ1) is 10.1. The van der Waals surface area contributed by atoms with E-state index >= 15 is 0 Å². The molecule has 0 aromatic heterocycles. The third-order valence-corrected chi connectivity index (χ3v) is 2.59. The number of ketones is 1. The molecule has 0 bridgehead atoms. The van der Waals surface area contributed by atoms with Crippen LogP contribution in [0.4, 0.5) is 0 Å². The molecule has 0 spiro atoms. The van der Waals surface area contributed by atoms with Gasteiger partial charge in [-0.2, -0.15) is 0 Å². The highest BCUT2D eigenvalue weighted by molar-refractivity contribution is 5.97. The van der Waals surface area contributed by atoms with E-state index in [4.69, 9.17) is 0 Å². The smallest absolute Gasteiger partial charge is 0.164 e. The van der Waals surface area contributed by atoms with Crippen LogP contribution in [0.2, 0.25) is 0 Å². The maximum atomic E-state index is 11.9. The predicted molar refractivity (Wildman–Crippen MR) is 60.7 cm³/mol. The lowest BCUT2D eigenvalue weighted by atomic mass is 10.0. The average molecular weight is 201 g/mol. The Morgan fingerprint density at radius 1 is 1.27 bits per heavy atom. The second-order valence-electron chi connectivity index (χ2n) is 3.78. The number of rotatable bonds is 3. The number of nitrogens with one attached hydrogen (secondary N) is 1. The first-order valence-electron chi connectivity index (χ1n) is 5.33. The summed E-state index contributed by atoms with van der Waals surface area (Å²) in [5.41, 5.74) is 2.03. The Hall–Kier alpha value is -1.41. The van der Waals surface area contributed by atoms with Crippen LogP contribution >= 0.6 is 0 Å². The van der Waals surface area contributed by atoms with E-state index in [1.165, 1.54) is 0 Å². The summed E-state index contributed by atoms with van der Waals surface area (Å²) in [6, 6.07) is 9.89. The summed E-state index contributed by atoms with van der Waals surface area (Å²) >= 11 is 0. The van der Waals surface area contributed by atoms with Crippen molar-refractivity contribution >= 4 is 5.78 Å². The van der Waals surface area contributed by atoms with Gasteiger partial charge in [0.25, 0.3) is 0 Å². The summed E-state index contributed by atoms with van der Waals surface area (Å²) in [4.78, 5) is 11.9. The molecule has 1 aliphatic rings. The fourth-order valence-electron chi connectivity index (χ4n) is 1.75. The topological polar surface area (TPSA) is 29.1 Å². The Kier molecular flexibility index (Phi) is 3.30. The van der Waals surface area contributed by atoms with Crippen LogP contribution in [0.5, 0.6) is 0 Å². The van der Waals surface area contributed by atoms with Crippen molar-refractivity contribution in [3.05, 3.63) is 47.5 Å². The lowest BCUT2D eigenvalue weighted by molar-refractivity contribution is -0.115. The molecule has 0 saturated carbocycles. The minimum atomic E-state index is 0.244. The molecular formula is C13H15NO. The van der Waals surface area contributed by atoms with Crippen LogP contribution in [0.25, 0.3) is 0 Å². The number of carbonyl (C=O) groups excluding carboxylic acids is 1. The molecule has 1 aliphatic heterocycles. The Balaban J connectivity index is 2.00. The summed E-state index contributed by atoms with van der Waals surface area (Å²) in [6.07, 6.45) is 3.55. The van der Waals surface area contributed by atoms with Crippen molar-refractivity contribution in [3.63, 3.8) is 0 Å². The molecule has 0 fully saturated rings. The zero-order valence-corrected chi connectivity index (χ0v) is 8.70. The highest BCUT2D eigenvalue weighted by Crippen LogP contribution is 2.08. The molecule has 1 heterocycles. The standard InChI is InChI=1S/C13H15NO/c15-13(12-7-4-8-14-10-12)9-11-5-2-1-3-6-11/h1-3,5-7,14H,4,8-10H2. The van der Waals surface area contributed by atoms with E-state index in [2.05, 4.69) is 11.4 Å². The monoisotopic (exact) mass is 201 g/mol. The van der Waals surface area contributed by atoms with Gasteiger partial charge in [-0.05, 0) is 18.5 Å². The molecular weight excluding hydrogens is 186 g/mol. The Labute approximate surface area is 90.0 Å². The molecule has 1 N–H and O–H groups in total. The Morgan fingerprint density at radius 2 is 2.07 bits per heavy atom. The van der Waals surface area contributed by atoms with Gasteiger partial charge < -0.3 is 5.32 Å². The lowest BCUT2D eigenvalue weighted by Gasteiger charge is -2.12. The minimum absolute atomic E-state index is 0.244. The second kappa shape index (κ2) is 4.89. The van der Waals surface area contributed by atoms with Crippen LogP contribution < -0.4 is 5.32 Å². The molecule has 15 heavy (non-hydrogen) atoms. The number of carbonyl (C=O) groups is 1. The first-order chi connectivity index (χ1) is 7.36. The maximum Gasteiger partial charge on any atom is 0.164 e. The van der Waals surface area contributed by atoms with E-state index in [9.17, 15) is 4.79 Å². The number of hydrogen-bond donors (Lipinski definition) is 1. The van der Waals surface area contributed by atoms with E-state index in [0.29, 0.717) is 6.42 Å². The summed E-state index contributed by atoms with van der Waals surface area (Å²) in [7, 11) is 0. The quantitative estimate of drug-likeness (QED) is 0.806. The fourth-order valence-corrected chi connectivity index (χ4v) is 1.75. The summed E-state index contributed by atoms with van der Waals surface area (Å²) < 4.78 is 0. The number of benzene rings is 1. The van der Waals surface area contributed by atoms with Crippen LogP contribution in [-0.2, 0) is 11.2 Å². The molecule has 2 nitrogen and oxygen atoms in total. The van der Waals surface area contributed by atoms with Crippen LogP contribution in [0.15, 0.2) is 42.0 Å². The molecule has 0 atom stereocenters. The Bertz CT molecular complexity index is 367. The van der Waals surface area contributed by atoms with Crippen molar-refractivity contribution in [2.75, 3.05) is 13.1 Å². The van der Waals surface area contributed by atoms with Gasteiger partial charge >= 0.3 is 0 Å². The van der Waals surface area contributed by atoms with Crippen molar-refractivity contribution in [1.82, 2.24) is 5.32 Å². The highest BCUT2D eigenvalue weighted by Gasteiger charge is 2.11. The SMILES string of the molecule is O=C(Cc1ccccc1)C1=CCCNC1. The van der Waals surface area contributed by atoms with Gasteiger partial charge in [-0.15, -0.1) is 0 Å². The molecule has 0 unspecified atom stereocenters. The second-order valence-corrected chi connectivity index (χ2v) is 3.78. The van der Waals surface area contributed by atoms with Crippen LogP contribution in [0.3, 0.4) is 0 Å². The van der Waals surface area contributed by atoms with E-state index in [0.717, 1.165) is 30.6 Å². The average Bonchev–Trinajstić information content (AvgIpc) is 2.31. The molecule has 0 amide bonds. The van der Waals surface area contributed by atoms with Crippen LogP contribution in [0.1, 0.15) is 12.0 Å². The van der Waals surface area contributed by atoms with Gasteiger partial charge in [0.1, 0.15) is 0 Å². The summed E-state index contributed by atoms with van der Waals surface area (Å²) in [6.45, 7) is 1.72. The van der Waals surface area contributed by atoms with Crippen LogP contribution in [-0.4, -0.2) is 18.9 Å². The predicted octanol–water partition coefficient (Wildman–Crippen LogP) is 1.72. The van der Waals surface area contributed by atoms with E-state index in [1.54, 1.807) is 0 Å². The maximum absolute atomic E-state index is 11.9. The fraction of sp³-hybridized carbons (Fsp3) is 0.308. The molecule has 1 aromatic carbocycles. The van der Waals surface area contributed by atoms with Crippen molar-refractivity contribution in [2.24, 2.45) is 0 Å². The summed E-state index contributed by atoms with van der Waals surface area (Å²) in [5, 5.41) is 3.21. The molecule has 2 heteroatoms. The first-order valence-corrected chi connectivity index (χ1v) is 5.33. The van der Waals surface area contributed by atoms with E-state index in [-0.39, 0.29) is 5.78 Å². The highest BCUT2D eigenvalue weighted by atomic mass is 16.1. The van der Waals surface area contributed by atoms with Gasteiger partial charge in [-0.3, -0.25) is 4.79 Å². The van der Waals surface area contributed by atoms with E-state index < -0.39 is 0 Å². The molecule has 0 aliphatic carbocycles. The van der Waals surface area contributed by atoms with Gasteiger partial charge in [0.2, 0.25) is 0 Å². The van der Waals surface area contributed by atoms with Crippen molar-refractivity contribution in [1.29, 1.82) is 0 Å². The molecule has 0 radical (unpaired) electrons.